The Hall–Kier alpha value is -0.470. The molecule has 5 nitrogen and oxygen atoms in total. The third kappa shape index (κ3) is 4.26. The summed E-state index contributed by atoms with van der Waals surface area (Å²) in [6, 6.07) is 7.69. The Kier molecular flexibility index (Phi) is 5.79. The molecule has 1 saturated heterocycles. The van der Waals surface area contributed by atoms with Crippen LogP contribution < -0.4 is 5.73 Å². The van der Waals surface area contributed by atoms with E-state index in [0.717, 1.165) is 22.9 Å². The van der Waals surface area contributed by atoms with Gasteiger partial charge in [0.1, 0.15) is 0 Å². The molecule has 1 aromatic rings. The summed E-state index contributed by atoms with van der Waals surface area (Å²) in [5.74, 6) is 0.273. The highest BCUT2D eigenvalue weighted by Gasteiger charge is 2.31. The van der Waals surface area contributed by atoms with E-state index in [1.165, 1.54) is 4.31 Å². The van der Waals surface area contributed by atoms with Crippen LogP contribution in [0.15, 0.2) is 28.7 Å². The molecule has 7 heteroatoms. The van der Waals surface area contributed by atoms with Gasteiger partial charge in [0.05, 0.1) is 0 Å². The van der Waals surface area contributed by atoms with Gasteiger partial charge in [-0.25, -0.2) is 0 Å². The van der Waals surface area contributed by atoms with Crippen LogP contribution in [-0.4, -0.2) is 43.7 Å². The third-order valence-corrected chi connectivity index (χ3v) is 6.28. The maximum atomic E-state index is 12.6. The molecule has 0 spiro atoms. The minimum Gasteiger partial charge on any atom is -0.330 e. The van der Waals surface area contributed by atoms with Crippen LogP contribution in [0, 0.1) is 5.92 Å². The maximum Gasteiger partial charge on any atom is 0.282 e. The van der Waals surface area contributed by atoms with Crippen molar-refractivity contribution in [2.45, 2.75) is 19.4 Å². The molecule has 0 amide bonds. The van der Waals surface area contributed by atoms with Crippen molar-refractivity contribution in [3.05, 3.63) is 34.3 Å². The van der Waals surface area contributed by atoms with E-state index in [2.05, 4.69) is 15.9 Å². The van der Waals surface area contributed by atoms with Crippen LogP contribution in [0.25, 0.3) is 0 Å². The molecule has 1 aromatic carbocycles. The highest BCUT2D eigenvalue weighted by molar-refractivity contribution is 9.10. The van der Waals surface area contributed by atoms with E-state index < -0.39 is 10.2 Å². The molecule has 118 valence electrons. The van der Waals surface area contributed by atoms with Crippen LogP contribution in [0.4, 0.5) is 0 Å². The van der Waals surface area contributed by atoms with Crippen LogP contribution in [0.1, 0.15) is 18.4 Å². The van der Waals surface area contributed by atoms with E-state index in [1.54, 1.807) is 11.4 Å². The summed E-state index contributed by atoms with van der Waals surface area (Å²) in [6.07, 6.45) is 1.90. The number of hydrogen-bond acceptors (Lipinski definition) is 3. The number of benzene rings is 1. The van der Waals surface area contributed by atoms with Gasteiger partial charge < -0.3 is 5.73 Å². The molecule has 0 aliphatic carbocycles. The summed E-state index contributed by atoms with van der Waals surface area (Å²) in [4.78, 5) is 0. The van der Waals surface area contributed by atoms with Crippen molar-refractivity contribution in [3.8, 4) is 0 Å². The van der Waals surface area contributed by atoms with Crippen molar-refractivity contribution in [2.75, 3.05) is 26.7 Å². The molecular formula is C14H22BrN3O2S. The molecule has 1 aliphatic heterocycles. The van der Waals surface area contributed by atoms with E-state index in [0.29, 0.717) is 26.2 Å². The summed E-state index contributed by atoms with van der Waals surface area (Å²) in [7, 11) is -1.79. The minimum absolute atomic E-state index is 0.273. The first kappa shape index (κ1) is 16.9. The highest BCUT2D eigenvalue weighted by atomic mass is 79.9. The second kappa shape index (κ2) is 7.19. The standard InChI is InChI=1S/C14H22BrN3O2S/c1-17(10-12-4-6-14(15)7-5-12)21(19,20)18-8-2-3-13(9-16)11-18/h4-7,13H,2-3,8-11,16H2,1H3. The monoisotopic (exact) mass is 375 g/mol. The molecule has 0 saturated carbocycles. The average molecular weight is 376 g/mol. The van der Waals surface area contributed by atoms with E-state index in [9.17, 15) is 8.42 Å². The zero-order chi connectivity index (χ0) is 15.5. The molecule has 21 heavy (non-hydrogen) atoms. The van der Waals surface area contributed by atoms with Crippen LogP contribution in [0.3, 0.4) is 0 Å². The molecule has 1 aliphatic rings. The number of rotatable bonds is 5. The maximum absolute atomic E-state index is 12.6. The molecule has 1 fully saturated rings. The molecule has 0 aromatic heterocycles. The van der Waals surface area contributed by atoms with Crippen LogP contribution in [-0.2, 0) is 16.8 Å². The van der Waals surface area contributed by atoms with Crippen molar-refractivity contribution in [1.29, 1.82) is 0 Å². The summed E-state index contributed by atoms with van der Waals surface area (Å²) in [5, 5.41) is 0. The largest absolute Gasteiger partial charge is 0.330 e. The fourth-order valence-electron chi connectivity index (χ4n) is 2.55. The van der Waals surface area contributed by atoms with Crippen molar-refractivity contribution in [2.24, 2.45) is 11.7 Å². The zero-order valence-electron chi connectivity index (χ0n) is 12.2. The molecule has 0 bridgehead atoms. The molecule has 2 N–H and O–H groups in total. The molecule has 2 rings (SSSR count). The second-order valence-electron chi connectivity index (χ2n) is 5.49. The summed E-state index contributed by atoms with van der Waals surface area (Å²) in [6.45, 7) is 2.04. The average Bonchev–Trinajstić information content (AvgIpc) is 2.49. The van der Waals surface area contributed by atoms with E-state index in [1.807, 2.05) is 24.3 Å². The number of nitrogens with two attached hydrogens (primary N) is 1. The SMILES string of the molecule is CN(Cc1ccc(Br)cc1)S(=O)(=O)N1CCCC(CN)C1. The van der Waals surface area contributed by atoms with Crippen molar-refractivity contribution >= 4 is 26.1 Å². The van der Waals surface area contributed by atoms with Gasteiger partial charge in [-0.05, 0) is 43.0 Å². The topological polar surface area (TPSA) is 66.6 Å². The van der Waals surface area contributed by atoms with Gasteiger partial charge >= 0.3 is 0 Å². The number of halogens is 1. The smallest absolute Gasteiger partial charge is 0.282 e. The Labute approximate surface area is 135 Å². The Morgan fingerprint density at radius 2 is 2.05 bits per heavy atom. The van der Waals surface area contributed by atoms with E-state index in [4.69, 9.17) is 5.73 Å². The molecule has 0 radical (unpaired) electrons. The van der Waals surface area contributed by atoms with Crippen molar-refractivity contribution in [1.82, 2.24) is 8.61 Å². The van der Waals surface area contributed by atoms with Gasteiger partial charge in [-0.15, -0.1) is 0 Å². The van der Waals surface area contributed by atoms with E-state index >= 15 is 0 Å². The highest BCUT2D eigenvalue weighted by Crippen LogP contribution is 2.21. The predicted molar refractivity (Wildman–Crippen MR) is 87.9 cm³/mol. The lowest BCUT2D eigenvalue weighted by Gasteiger charge is -2.34. The third-order valence-electron chi connectivity index (χ3n) is 3.85. The van der Waals surface area contributed by atoms with Crippen LogP contribution in [0.5, 0.6) is 0 Å². The molecule has 1 heterocycles. The minimum atomic E-state index is -3.41. The summed E-state index contributed by atoms with van der Waals surface area (Å²) < 4.78 is 29.2. The fourth-order valence-corrected chi connectivity index (χ4v) is 4.28. The van der Waals surface area contributed by atoms with Gasteiger partial charge in [0.15, 0.2) is 0 Å². The van der Waals surface area contributed by atoms with Crippen LogP contribution in [0.2, 0.25) is 0 Å². The first-order valence-electron chi connectivity index (χ1n) is 7.09. The number of piperidine rings is 1. The van der Waals surface area contributed by atoms with Gasteiger partial charge in [-0.1, -0.05) is 28.1 Å². The predicted octanol–water partition coefficient (Wildman–Crippen LogP) is 1.80. The Morgan fingerprint density at radius 3 is 2.67 bits per heavy atom. The second-order valence-corrected chi connectivity index (χ2v) is 8.44. The number of hydrogen-bond donors (Lipinski definition) is 1. The lowest BCUT2D eigenvalue weighted by atomic mass is 10.0. The molecular weight excluding hydrogens is 354 g/mol. The normalized spacial score (nSPS) is 20.9. The first-order valence-corrected chi connectivity index (χ1v) is 9.28. The summed E-state index contributed by atoms with van der Waals surface area (Å²) >= 11 is 3.38. The van der Waals surface area contributed by atoms with Crippen molar-refractivity contribution in [3.63, 3.8) is 0 Å². The zero-order valence-corrected chi connectivity index (χ0v) is 14.6. The van der Waals surface area contributed by atoms with Gasteiger partial charge in [0.2, 0.25) is 0 Å². The first-order chi connectivity index (χ1) is 9.93. The van der Waals surface area contributed by atoms with Gasteiger partial charge in [0, 0.05) is 31.2 Å². The lowest BCUT2D eigenvalue weighted by Crippen LogP contribution is -2.47. The van der Waals surface area contributed by atoms with Gasteiger partial charge in [0.25, 0.3) is 10.2 Å². The van der Waals surface area contributed by atoms with Crippen molar-refractivity contribution < 1.29 is 8.42 Å². The van der Waals surface area contributed by atoms with Gasteiger partial charge in [-0.2, -0.15) is 17.0 Å². The summed E-state index contributed by atoms with van der Waals surface area (Å²) in [5.41, 5.74) is 6.65. The van der Waals surface area contributed by atoms with E-state index in [-0.39, 0.29) is 5.92 Å². The fraction of sp³-hybridized carbons (Fsp3) is 0.571. The Bertz CT molecular complexity index is 562. The molecule has 1 atom stereocenters. The Balaban J connectivity index is 2.05. The quantitative estimate of drug-likeness (QED) is 0.852. The van der Waals surface area contributed by atoms with Crippen LogP contribution >= 0.6 is 15.9 Å². The number of nitrogens with zero attached hydrogens (tertiary/aromatic N) is 2. The lowest BCUT2D eigenvalue weighted by molar-refractivity contribution is 0.255. The molecule has 1 unspecified atom stereocenters. The van der Waals surface area contributed by atoms with Gasteiger partial charge in [-0.3, -0.25) is 0 Å². The Morgan fingerprint density at radius 1 is 1.38 bits per heavy atom.